The normalized spacial score (nSPS) is 12.3. The Morgan fingerprint density at radius 3 is 2.65 bits per heavy atom. The molecule has 4 rings (SSSR count). The van der Waals surface area contributed by atoms with Gasteiger partial charge in [-0.15, -0.1) is 10.2 Å². The zero-order valence-corrected chi connectivity index (χ0v) is 18.6. The molecule has 0 unspecified atom stereocenters. The average molecular weight is 417 g/mol. The smallest absolute Gasteiger partial charge is 0.257 e. The molecule has 2 heterocycles. The number of nitrogens with zero attached hydrogens (tertiary/aromatic N) is 5. The van der Waals surface area contributed by atoms with Gasteiger partial charge in [-0.2, -0.15) is 4.99 Å². The Balaban J connectivity index is 2.05. The third-order valence-electron chi connectivity index (χ3n) is 5.51. The van der Waals surface area contributed by atoms with E-state index in [0.29, 0.717) is 35.8 Å². The molecular formula is C24H28N6O. The van der Waals surface area contributed by atoms with Crippen LogP contribution in [0.1, 0.15) is 44.9 Å². The van der Waals surface area contributed by atoms with Gasteiger partial charge in [0, 0.05) is 23.2 Å². The highest BCUT2D eigenvalue weighted by Gasteiger charge is 2.21. The van der Waals surface area contributed by atoms with Crippen molar-refractivity contribution >= 4 is 22.7 Å². The second-order valence-corrected chi connectivity index (χ2v) is 8.09. The van der Waals surface area contributed by atoms with Gasteiger partial charge in [0.2, 0.25) is 0 Å². The highest BCUT2D eigenvalue weighted by atomic mass is 16.3. The van der Waals surface area contributed by atoms with Crippen LogP contribution in [0.25, 0.3) is 28.0 Å². The molecule has 2 aromatic carbocycles. The first-order valence-electron chi connectivity index (χ1n) is 10.5. The van der Waals surface area contributed by atoms with Gasteiger partial charge in [-0.1, -0.05) is 13.0 Å². The first kappa shape index (κ1) is 20.7. The lowest BCUT2D eigenvalue weighted by atomic mass is 10.0. The maximum absolute atomic E-state index is 10.3. The number of phenols is 1. The predicted molar refractivity (Wildman–Crippen MR) is 125 cm³/mol. The van der Waals surface area contributed by atoms with Crippen molar-refractivity contribution in [1.82, 2.24) is 19.3 Å². The van der Waals surface area contributed by atoms with Crippen molar-refractivity contribution in [3.05, 3.63) is 53.7 Å². The van der Waals surface area contributed by atoms with Crippen molar-refractivity contribution < 1.29 is 5.11 Å². The number of rotatable bonds is 5. The SMILES string of the molecule is CCc1cc(-c2nnc(N=C(C)N)n2-c2cccc3c2ccn3C(C)C)c(C)cc1O. The number of benzene rings is 2. The Morgan fingerprint density at radius 2 is 1.97 bits per heavy atom. The van der Waals surface area contributed by atoms with E-state index in [1.165, 1.54) is 0 Å². The van der Waals surface area contributed by atoms with E-state index >= 15 is 0 Å². The van der Waals surface area contributed by atoms with Crippen LogP contribution < -0.4 is 5.73 Å². The van der Waals surface area contributed by atoms with E-state index in [-0.39, 0.29) is 0 Å². The molecule has 7 heteroatoms. The summed E-state index contributed by atoms with van der Waals surface area (Å²) in [5, 5.41) is 20.2. The van der Waals surface area contributed by atoms with Gasteiger partial charge in [0.05, 0.1) is 17.0 Å². The number of phenolic OH excluding ortho intramolecular Hbond substituents is 1. The third kappa shape index (κ3) is 3.56. The zero-order valence-electron chi connectivity index (χ0n) is 18.6. The van der Waals surface area contributed by atoms with Gasteiger partial charge in [0.15, 0.2) is 5.82 Å². The van der Waals surface area contributed by atoms with Crippen LogP contribution in [-0.4, -0.2) is 30.3 Å². The summed E-state index contributed by atoms with van der Waals surface area (Å²) >= 11 is 0. The summed E-state index contributed by atoms with van der Waals surface area (Å²) in [6.45, 7) is 10.0. The number of fused-ring (bicyclic) bond motifs is 1. The third-order valence-corrected chi connectivity index (χ3v) is 5.51. The number of aromatic hydroxyl groups is 1. The molecule has 0 aliphatic carbocycles. The predicted octanol–water partition coefficient (Wildman–Crippen LogP) is 5.05. The summed E-state index contributed by atoms with van der Waals surface area (Å²) in [4.78, 5) is 4.45. The Hall–Kier alpha value is -3.61. The molecule has 0 saturated carbocycles. The summed E-state index contributed by atoms with van der Waals surface area (Å²) in [7, 11) is 0. The molecule has 0 spiro atoms. The quantitative estimate of drug-likeness (QED) is 0.351. The molecule has 160 valence electrons. The number of hydrogen-bond acceptors (Lipinski definition) is 4. The lowest BCUT2D eigenvalue weighted by molar-refractivity contribution is 0.468. The standard InChI is InChI=1S/C24H28N6O/c1-6-17-13-19(15(4)12-22(17)31)23-27-28-24(26-16(5)25)30(23)21-9-7-8-20-18(21)10-11-29(20)14(2)3/h7-14,31H,6H2,1-5H3,(H2,25,26,28). The number of aliphatic imine (C=N–C) groups is 1. The van der Waals surface area contributed by atoms with Crippen LogP contribution in [0, 0.1) is 6.92 Å². The van der Waals surface area contributed by atoms with E-state index in [2.05, 4.69) is 51.9 Å². The van der Waals surface area contributed by atoms with E-state index in [1.54, 1.807) is 13.0 Å². The number of aromatic nitrogens is 4. The average Bonchev–Trinajstić information content (AvgIpc) is 3.32. The molecular weight excluding hydrogens is 388 g/mol. The Labute approximate surface area is 181 Å². The largest absolute Gasteiger partial charge is 0.508 e. The van der Waals surface area contributed by atoms with Crippen LogP contribution in [0.4, 0.5) is 5.95 Å². The molecule has 0 saturated heterocycles. The topological polar surface area (TPSA) is 94.3 Å². The minimum absolute atomic E-state index is 0.293. The van der Waals surface area contributed by atoms with Gasteiger partial charge in [-0.05, 0) is 75.6 Å². The maximum atomic E-state index is 10.3. The van der Waals surface area contributed by atoms with Gasteiger partial charge in [-0.3, -0.25) is 4.57 Å². The molecule has 4 aromatic rings. The summed E-state index contributed by atoms with van der Waals surface area (Å²) in [5.41, 5.74) is 10.6. The van der Waals surface area contributed by atoms with Gasteiger partial charge in [0.1, 0.15) is 5.75 Å². The van der Waals surface area contributed by atoms with Crippen LogP contribution >= 0.6 is 0 Å². The van der Waals surface area contributed by atoms with E-state index in [1.807, 2.05) is 36.6 Å². The Morgan fingerprint density at radius 1 is 1.19 bits per heavy atom. The monoisotopic (exact) mass is 416 g/mol. The van der Waals surface area contributed by atoms with Gasteiger partial charge in [-0.25, -0.2) is 0 Å². The van der Waals surface area contributed by atoms with E-state index in [0.717, 1.165) is 33.3 Å². The minimum atomic E-state index is 0.293. The summed E-state index contributed by atoms with van der Waals surface area (Å²) in [6.07, 6.45) is 2.81. The summed E-state index contributed by atoms with van der Waals surface area (Å²) in [5.74, 6) is 1.79. The molecule has 0 radical (unpaired) electrons. The number of amidine groups is 1. The molecule has 0 bridgehead atoms. The lowest BCUT2D eigenvalue weighted by Crippen LogP contribution is -2.06. The number of aryl methyl sites for hydroxylation is 2. The van der Waals surface area contributed by atoms with E-state index < -0.39 is 0 Å². The number of nitrogens with two attached hydrogens (primary N) is 1. The first-order valence-corrected chi connectivity index (χ1v) is 10.5. The van der Waals surface area contributed by atoms with Crippen molar-refractivity contribution in [3.63, 3.8) is 0 Å². The van der Waals surface area contributed by atoms with Crippen molar-refractivity contribution in [2.45, 2.75) is 47.1 Å². The fourth-order valence-corrected chi connectivity index (χ4v) is 3.98. The van der Waals surface area contributed by atoms with Crippen molar-refractivity contribution in [2.75, 3.05) is 0 Å². The molecule has 0 amide bonds. The molecule has 0 aliphatic heterocycles. The second kappa shape index (κ2) is 7.91. The highest BCUT2D eigenvalue weighted by molar-refractivity contribution is 5.90. The number of hydrogen-bond donors (Lipinski definition) is 2. The second-order valence-electron chi connectivity index (χ2n) is 8.09. The van der Waals surface area contributed by atoms with Crippen molar-refractivity contribution in [1.29, 1.82) is 0 Å². The molecule has 2 aromatic heterocycles. The van der Waals surface area contributed by atoms with E-state index in [9.17, 15) is 5.11 Å². The Bertz CT molecular complexity index is 1290. The van der Waals surface area contributed by atoms with Crippen molar-refractivity contribution in [2.24, 2.45) is 10.7 Å². The van der Waals surface area contributed by atoms with Gasteiger partial charge >= 0.3 is 0 Å². The summed E-state index contributed by atoms with van der Waals surface area (Å²) < 4.78 is 4.18. The minimum Gasteiger partial charge on any atom is -0.508 e. The maximum Gasteiger partial charge on any atom is 0.257 e. The molecule has 31 heavy (non-hydrogen) atoms. The van der Waals surface area contributed by atoms with Crippen molar-refractivity contribution in [3.8, 4) is 22.8 Å². The van der Waals surface area contributed by atoms with Crippen LogP contribution in [0.5, 0.6) is 5.75 Å². The Kier molecular flexibility index (Phi) is 5.27. The van der Waals surface area contributed by atoms with Crippen LogP contribution in [0.2, 0.25) is 0 Å². The highest BCUT2D eigenvalue weighted by Crippen LogP contribution is 2.35. The summed E-state index contributed by atoms with van der Waals surface area (Å²) in [6, 6.07) is 12.4. The fraction of sp³-hybridized carbons (Fsp3) is 0.292. The lowest BCUT2D eigenvalue weighted by Gasteiger charge is -2.14. The molecule has 3 N–H and O–H groups in total. The molecule has 0 fully saturated rings. The molecule has 7 nitrogen and oxygen atoms in total. The molecule has 0 atom stereocenters. The zero-order chi connectivity index (χ0) is 22.3. The van der Waals surface area contributed by atoms with Crippen LogP contribution in [-0.2, 0) is 6.42 Å². The van der Waals surface area contributed by atoms with Gasteiger partial charge in [0.25, 0.3) is 5.95 Å². The molecule has 0 aliphatic rings. The van der Waals surface area contributed by atoms with Crippen LogP contribution in [0.15, 0.2) is 47.6 Å². The van der Waals surface area contributed by atoms with Gasteiger partial charge < -0.3 is 15.4 Å². The van der Waals surface area contributed by atoms with Crippen LogP contribution in [0.3, 0.4) is 0 Å². The fourth-order valence-electron chi connectivity index (χ4n) is 3.98. The van der Waals surface area contributed by atoms with E-state index in [4.69, 9.17) is 5.73 Å². The first-order chi connectivity index (χ1) is 14.8.